The van der Waals surface area contributed by atoms with Crippen LogP contribution < -0.4 is 10.0 Å². The van der Waals surface area contributed by atoms with Crippen LogP contribution in [0.15, 0.2) is 23.1 Å². The molecule has 20 heavy (non-hydrogen) atoms. The van der Waals surface area contributed by atoms with E-state index >= 15 is 0 Å². The Labute approximate surface area is 113 Å². The first kappa shape index (κ1) is 14.5. The lowest BCUT2D eigenvalue weighted by molar-refractivity contribution is -0.134. The number of nitrogens with one attached hydrogen (secondary N) is 2. The van der Waals surface area contributed by atoms with Crippen LogP contribution in [0.25, 0.3) is 0 Å². The molecule has 1 aromatic carbocycles. The lowest BCUT2D eigenvalue weighted by atomic mass is 10.1. The van der Waals surface area contributed by atoms with Crippen LogP contribution in [0.2, 0.25) is 0 Å². The number of benzene rings is 1. The van der Waals surface area contributed by atoms with Crippen molar-refractivity contribution in [3.05, 3.63) is 29.8 Å². The highest BCUT2D eigenvalue weighted by molar-refractivity contribution is 7.89. The molecule has 1 unspecified atom stereocenters. The number of carbonyl (C=O) groups is 2. The van der Waals surface area contributed by atoms with E-state index in [1.54, 1.807) is 0 Å². The SMILES string of the molecule is O=C1CCC(NS(=O)(=O)c2ccc(F)c(F)c2)C(=O)N1. The summed E-state index contributed by atoms with van der Waals surface area (Å²) < 4.78 is 51.7. The third-order valence-electron chi connectivity index (χ3n) is 2.74. The van der Waals surface area contributed by atoms with E-state index in [-0.39, 0.29) is 12.8 Å². The van der Waals surface area contributed by atoms with Crippen LogP contribution in [0.1, 0.15) is 12.8 Å². The van der Waals surface area contributed by atoms with Gasteiger partial charge in [0, 0.05) is 6.42 Å². The summed E-state index contributed by atoms with van der Waals surface area (Å²) in [6.45, 7) is 0. The van der Waals surface area contributed by atoms with Gasteiger partial charge in [-0.25, -0.2) is 17.2 Å². The van der Waals surface area contributed by atoms with Crippen molar-refractivity contribution < 1.29 is 26.8 Å². The summed E-state index contributed by atoms with van der Waals surface area (Å²) in [5, 5.41) is 1.99. The van der Waals surface area contributed by atoms with E-state index < -0.39 is 44.4 Å². The molecule has 0 aromatic heterocycles. The number of piperidine rings is 1. The highest BCUT2D eigenvalue weighted by Crippen LogP contribution is 2.15. The Hall–Kier alpha value is -1.87. The fraction of sp³-hybridized carbons (Fsp3) is 0.273. The van der Waals surface area contributed by atoms with Crippen molar-refractivity contribution in [1.29, 1.82) is 0 Å². The summed E-state index contributed by atoms with van der Waals surface area (Å²) >= 11 is 0. The molecular weight excluding hydrogens is 294 g/mol. The Kier molecular flexibility index (Phi) is 3.82. The summed E-state index contributed by atoms with van der Waals surface area (Å²) in [6, 6.07) is 0.954. The second kappa shape index (κ2) is 5.25. The molecule has 1 aliphatic heterocycles. The number of carbonyl (C=O) groups excluding carboxylic acids is 2. The Morgan fingerprint density at radius 3 is 2.50 bits per heavy atom. The van der Waals surface area contributed by atoms with E-state index in [9.17, 15) is 26.8 Å². The molecule has 108 valence electrons. The van der Waals surface area contributed by atoms with Crippen molar-refractivity contribution in [2.24, 2.45) is 0 Å². The molecule has 0 saturated carbocycles. The molecule has 1 aliphatic rings. The van der Waals surface area contributed by atoms with Gasteiger partial charge in [0.25, 0.3) is 0 Å². The smallest absolute Gasteiger partial charge is 0.244 e. The van der Waals surface area contributed by atoms with Crippen molar-refractivity contribution in [3.63, 3.8) is 0 Å². The van der Waals surface area contributed by atoms with Crippen molar-refractivity contribution in [2.75, 3.05) is 0 Å². The van der Waals surface area contributed by atoms with Crippen molar-refractivity contribution in [2.45, 2.75) is 23.8 Å². The molecule has 6 nitrogen and oxygen atoms in total. The van der Waals surface area contributed by atoms with Gasteiger partial charge in [-0.05, 0) is 24.6 Å². The molecule has 2 amide bonds. The predicted molar refractivity (Wildman–Crippen MR) is 62.9 cm³/mol. The van der Waals surface area contributed by atoms with Gasteiger partial charge >= 0.3 is 0 Å². The zero-order valence-corrected chi connectivity index (χ0v) is 10.8. The third kappa shape index (κ3) is 2.99. The lowest BCUT2D eigenvalue weighted by Gasteiger charge is -2.21. The summed E-state index contributed by atoms with van der Waals surface area (Å²) in [7, 11) is -4.18. The average molecular weight is 304 g/mol. The molecule has 0 spiro atoms. The highest BCUT2D eigenvalue weighted by atomic mass is 32.2. The molecule has 0 radical (unpaired) electrons. The Morgan fingerprint density at radius 1 is 1.20 bits per heavy atom. The first-order valence-electron chi connectivity index (χ1n) is 5.60. The normalized spacial score (nSPS) is 19.8. The highest BCUT2D eigenvalue weighted by Gasteiger charge is 2.31. The number of rotatable bonds is 3. The maximum atomic E-state index is 13.0. The van der Waals surface area contributed by atoms with Crippen molar-refractivity contribution in [1.82, 2.24) is 10.0 Å². The summed E-state index contributed by atoms with van der Waals surface area (Å²) in [5.41, 5.74) is 0. The Balaban J connectivity index is 2.21. The number of hydrogen-bond acceptors (Lipinski definition) is 4. The van der Waals surface area contributed by atoms with Crippen LogP contribution in [0.5, 0.6) is 0 Å². The van der Waals surface area contributed by atoms with E-state index in [0.717, 1.165) is 6.07 Å². The van der Waals surface area contributed by atoms with Gasteiger partial charge in [0.15, 0.2) is 11.6 Å². The molecule has 2 rings (SSSR count). The minimum Gasteiger partial charge on any atom is -0.295 e. The van der Waals surface area contributed by atoms with Gasteiger partial charge in [-0.1, -0.05) is 0 Å². The molecule has 0 aliphatic carbocycles. The largest absolute Gasteiger partial charge is 0.295 e. The summed E-state index contributed by atoms with van der Waals surface area (Å²) in [5.74, 6) is -3.74. The molecule has 0 bridgehead atoms. The fourth-order valence-electron chi connectivity index (χ4n) is 1.71. The third-order valence-corrected chi connectivity index (χ3v) is 4.21. The van der Waals surface area contributed by atoms with Crippen LogP contribution in [0, 0.1) is 11.6 Å². The van der Waals surface area contributed by atoms with Crippen LogP contribution in [-0.2, 0) is 19.6 Å². The first-order chi connectivity index (χ1) is 9.29. The predicted octanol–water partition coefficient (Wildman–Crippen LogP) is 0.0483. The van der Waals surface area contributed by atoms with E-state index in [4.69, 9.17) is 0 Å². The number of hydrogen-bond donors (Lipinski definition) is 2. The molecule has 1 heterocycles. The topological polar surface area (TPSA) is 92.3 Å². The standard InChI is InChI=1S/C11H10F2N2O4S/c12-7-2-1-6(5-8(7)13)20(18,19)15-9-3-4-10(16)14-11(9)17/h1-2,5,9,15H,3-4H2,(H,14,16,17). The van der Waals surface area contributed by atoms with E-state index in [2.05, 4.69) is 0 Å². The second-order valence-corrected chi connectivity index (χ2v) is 5.91. The van der Waals surface area contributed by atoms with Gasteiger partial charge in [0.1, 0.15) is 6.04 Å². The van der Waals surface area contributed by atoms with Gasteiger partial charge in [0.2, 0.25) is 21.8 Å². The molecule has 1 fully saturated rings. The number of sulfonamides is 1. The van der Waals surface area contributed by atoms with Gasteiger partial charge in [-0.15, -0.1) is 0 Å². The molecule has 2 N–H and O–H groups in total. The number of halogens is 2. The minimum atomic E-state index is -4.18. The monoisotopic (exact) mass is 304 g/mol. The maximum absolute atomic E-state index is 13.0. The van der Waals surface area contributed by atoms with Gasteiger partial charge < -0.3 is 0 Å². The maximum Gasteiger partial charge on any atom is 0.244 e. The number of imide groups is 1. The van der Waals surface area contributed by atoms with Crippen molar-refractivity contribution >= 4 is 21.8 Å². The van der Waals surface area contributed by atoms with E-state index in [0.29, 0.717) is 12.1 Å². The molecule has 1 atom stereocenters. The molecule has 1 aromatic rings. The second-order valence-electron chi connectivity index (χ2n) is 4.20. The van der Waals surface area contributed by atoms with Crippen LogP contribution in [0.3, 0.4) is 0 Å². The zero-order chi connectivity index (χ0) is 14.9. The van der Waals surface area contributed by atoms with Crippen LogP contribution in [-0.4, -0.2) is 26.3 Å². The summed E-state index contributed by atoms with van der Waals surface area (Å²) in [4.78, 5) is 21.9. The van der Waals surface area contributed by atoms with E-state index in [1.807, 2.05) is 10.0 Å². The minimum absolute atomic E-state index is 0.00327. The molecule has 9 heteroatoms. The van der Waals surface area contributed by atoms with Crippen LogP contribution >= 0.6 is 0 Å². The lowest BCUT2D eigenvalue weighted by Crippen LogP contribution is -2.52. The van der Waals surface area contributed by atoms with Crippen molar-refractivity contribution in [3.8, 4) is 0 Å². The molecular formula is C11H10F2N2O4S. The zero-order valence-electron chi connectivity index (χ0n) is 10.0. The van der Waals surface area contributed by atoms with Crippen LogP contribution in [0.4, 0.5) is 8.78 Å². The quantitative estimate of drug-likeness (QED) is 0.772. The fourth-order valence-corrected chi connectivity index (χ4v) is 2.95. The number of amides is 2. The van der Waals surface area contributed by atoms with Gasteiger partial charge in [-0.2, -0.15) is 4.72 Å². The van der Waals surface area contributed by atoms with Gasteiger partial charge in [-0.3, -0.25) is 14.9 Å². The van der Waals surface area contributed by atoms with Gasteiger partial charge in [0.05, 0.1) is 4.90 Å². The Morgan fingerprint density at radius 2 is 1.90 bits per heavy atom. The summed E-state index contributed by atoms with van der Waals surface area (Å²) in [6.07, 6.45) is 0.00425. The Bertz CT molecular complexity index is 675. The van der Waals surface area contributed by atoms with E-state index in [1.165, 1.54) is 0 Å². The molecule has 1 saturated heterocycles. The average Bonchev–Trinajstić information content (AvgIpc) is 2.36. The first-order valence-corrected chi connectivity index (χ1v) is 7.09.